The van der Waals surface area contributed by atoms with Gasteiger partial charge in [-0.25, -0.2) is 4.98 Å². The Morgan fingerprint density at radius 3 is 2.65 bits per heavy atom. The second-order valence-corrected chi connectivity index (χ2v) is 5.00. The summed E-state index contributed by atoms with van der Waals surface area (Å²) in [6.45, 7) is 2.66. The van der Waals surface area contributed by atoms with Crippen molar-refractivity contribution >= 4 is 5.82 Å². The van der Waals surface area contributed by atoms with Crippen LogP contribution in [0.3, 0.4) is 0 Å². The van der Waals surface area contributed by atoms with Crippen LogP contribution in [-0.2, 0) is 0 Å². The Kier molecular flexibility index (Phi) is 3.64. The minimum Gasteiger partial charge on any atom is -0.393 e. The average molecular weight is 236 g/mol. The fourth-order valence-corrected chi connectivity index (χ4v) is 2.20. The van der Waals surface area contributed by atoms with Crippen molar-refractivity contribution in [3.8, 4) is 0 Å². The van der Waals surface area contributed by atoms with Crippen molar-refractivity contribution in [1.29, 1.82) is 0 Å². The molecule has 2 N–H and O–H groups in total. The summed E-state index contributed by atoms with van der Waals surface area (Å²) in [6, 6.07) is 3.83. The van der Waals surface area contributed by atoms with Crippen LogP contribution < -0.4 is 4.90 Å². The first-order chi connectivity index (χ1) is 8.06. The van der Waals surface area contributed by atoms with Gasteiger partial charge >= 0.3 is 0 Å². The molecule has 0 radical (unpaired) electrons. The third kappa shape index (κ3) is 2.96. The van der Waals surface area contributed by atoms with Crippen LogP contribution in [0.1, 0.15) is 31.4 Å². The fourth-order valence-electron chi connectivity index (χ4n) is 2.20. The second-order valence-electron chi connectivity index (χ2n) is 5.00. The first-order valence-corrected chi connectivity index (χ1v) is 6.09. The van der Waals surface area contributed by atoms with Gasteiger partial charge in [0.15, 0.2) is 0 Å². The fraction of sp³-hybridized carbons (Fsp3) is 0.615. The molecule has 0 unspecified atom stereocenters. The number of anilines is 1. The highest BCUT2D eigenvalue weighted by molar-refractivity contribution is 5.38. The monoisotopic (exact) mass is 236 g/mol. The quantitative estimate of drug-likeness (QED) is 0.828. The molecule has 1 fully saturated rings. The van der Waals surface area contributed by atoms with Crippen molar-refractivity contribution in [3.63, 3.8) is 0 Å². The lowest BCUT2D eigenvalue weighted by atomic mass is 9.82. The zero-order chi connectivity index (χ0) is 12.4. The van der Waals surface area contributed by atoms with Gasteiger partial charge in [0.05, 0.1) is 12.2 Å². The molecule has 1 aliphatic carbocycles. The van der Waals surface area contributed by atoms with Gasteiger partial charge in [-0.15, -0.1) is 0 Å². The van der Waals surface area contributed by atoms with E-state index in [1.807, 2.05) is 19.2 Å². The zero-order valence-corrected chi connectivity index (χ0v) is 10.4. The molecule has 4 heteroatoms. The van der Waals surface area contributed by atoms with Gasteiger partial charge in [0.1, 0.15) is 5.82 Å². The van der Waals surface area contributed by atoms with Crippen molar-refractivity contribution in [2.45, 2.75) is 32.0 Å². The van der Waals surface area contributed by atoms with Crippen LogP contribution in [0.15, 0.2) is 18.3 Å². The maximum atomic E-state index is 9.39. The molecule has 1 aromatic heterocycles. The van der Waals surface area contributed by atoms with Crippen LogP contribution >= 0.6 is 0 Å². The first-order valence-electron chi connectivity index (χ1n) is 6.09. The van der Waals surface area contributed by atoms with Crippen molar-refractivity contribution < 1.29 is 10.2 Å². The summed E-state index contributed by atoms with van der Waals surface area (Å²) in [5, 5.41) is 18.6. The van der Waals surface area contributed by atoms with Crippen LogP contribution in [0.4, 0.5) is 5.82 Å². The molecule has 2 rings (SSSR count). The van der Waals surface area contributed by atoms with Gasteiger partial charge in [0.25, 0.3) is 0 Å². The summed E-state index contributed by atoms with van der Waals surface area (Å²) < 4.78 is 0. The Morgan fingerprint density at radius 1 is 1.47 bits per heavy atom. The number of aliphatic hydroxyl groups is 2. The lowest BCUT2D eigenvalue weighted by Gasteiger charge is -2.34. The Balaban J connectivity index is 1.92. The predicted octanol–water partition coefficient (Wildman–Crippen LogP) is 1.34. The van der Waals surface area contributed by atoms with Crippen LogP contribution in [0.25, 0.3) is 0 Å². The molecule has 17 heavy (non-hydrogen) atoms. The Hall–Kier alpha value is -1.13. The summed E-state index contributed by atoms with van der Waals surface area (Å²) in [5.74, 6) is 1.49. The summed E-state index contributed by atoms with van der Waals surface area (Å²) in [4.78, 5) is 6.43. The molecule has 0 aromatic carbocycles. The molecule has 1 saturated carbocycles. The van der Waals surface area contributed by atoms with E-state index in [-0.39, 0.29) is 6.10 Å². The predicted molar refractivity (Wildman–Crippen MR) is 66.9 cm³/mol. The smallest absolute Gasteiger partial charge is 0.128 e. The van der Waals surface area contributed by atoms with Crippen molar-refractivity contribution in [3.05, 3.63) is 23.9 Å². The van der Waals surface area contributed by atoms with Crippen LogP contribution in [0.5, 0.6) is 0 Å². The third-order valence-electron chi connectivity index (χ3n) is 3.39. The van der Waals surface area contributed by atoms with Gasteiger partial charge in [0.2, 0.25) is 0 Å². The SMILES string of the molecule is C[C@@H](O)c1ccc(N(C)CC2CC(O)C2)nc1. The average Bonchev–Trinajstić information content (AvgIpc) is 2.27. The molecule has 0 aliphatic heterocycles. The maximum absolute atomic E-state index is 9.39. The van der Waals surface area contributed by atoms with Crippen LogP contribution in [-0.4, -0.2) is 34.9 Å². The van der Waals surface area contributed by atoms with Crippen molar-refractivity contribution in [1.82, 2.24) is 4.98 Å². The van der Waals surface area contributed by atoms with Gasteiger partial charge in [-0.2, -0.15) is 0 Å². The Morgan fingerprint density at radius 2 is 2.18 bits per heavy atom. The number of aromatic nitrogens is 1. The molecule has 1 atom stereocenters. The maximum Gasteiger partial charge on any atom is 0.128 e. The molecule has 0 saturated heterocycles. The standard InChI is InChI=1S/C13H20N2O2/c1-9(16)11-3-4-13(14-7-11)15(2)8-10-5-12(17)6-10/h3-4,7,9-10,12,16-17H,5-6,8H2,1-2H3/t9-,10?,12?/m1/s1. The third-order valence-corrected chi connectivity index (χ3v) is 3.39. The highest BCUT2D eigenvalue weighted by Crippen LogP contribution is 2.28. The lowest BCUT2D eigenvalue weighted by Crippen LogP contribution is -2.37. The van der Waals surface area contributed by atoms with E-state index in [1.54, 1.807) is 13.1 Å². The van der Waals surface area contributed by atoms with Gasteiger partial charge < -0.3 is 15.1 Å². The zero-order valence-electron chi connectivity index (χ0n) is 10.4. The topological polar surface area (TPSA) is 56.6 Å². The van der Waals surface area contributed by atoms with E-state index in [2.05, 4.69) is 9.88 Å². The van der Waals surface area contributed by atoms with Gasteiger partial charge in [0, 0.05) is 19.8 Å². The molecule has 1 heterocycles. The molecular formula is C13H20N2O2. The number of rotatable bonds is 4. The van der Waals surface area contributed by atoms with Crippen molar-refractivity contribution in [2.75, 3.05) is 18.5 Å². The highest BCUT2D eigenvalue weighted by atomic mass is 16.3. The van der Waals surface area contributed by atoms with E-state index < -0.39 is 6.10 Å². The van der Waals surface area contributed by atoms with E-state index in [0.717, 1.165) is 30.8 Å². The van der Waals surface area contributed by atoms with E-state index in [4.69, 9.17) is 0 Å². The van der Waals surface area contributed by atoms with Gasteiger partial charge in [-0.05, 0) is 37.3 Å². The number of hydrogen-bond acceptors (Lipinski definition) is 4. The molecule has 1 aliphatic rings. The molecule has 1 aromatic rings. The van der Waals surface area contributed by atoms with Gasteiger partial charge in [-0.3, -0.25) is 0 Å². The minimum absolute atomic E-state index is 0.0982. The van der Waals surface area contributed by atoms with E-state index in [9.17, 15) is 10.2 Å². The molecule has 0 bridgehead atoms. The Labute approximate surface area is 102 Å². The summed E-state index contributed by atoms with van der Waals surface area (Å²) >= 11 is 0. The molecule has 4 nitrogen and oxygen atoms in total. The minimum atomic E-state index is -0.469. The number of pyridine rings is 1. The molecule has 0 amide bonds. The summed E-state index contributed by atoms with van der Waals surface area (Å²) in [7, 11) is 2.01. The molecule has 94 valence electrons. The number of nitrogens with zero attached hydrogens (tertiary/aromatic N) is 2. The molecule has 0 spiro atoms. The van der Waals surface area contributed by atoms with E-state index in [1.165, 1.54) is 0 Å². The van der Waals surface area contributed by atoms with Gasteiger partial charge in [-0.1, -0.05) is 6.07 Å². The lowest BCUT2D eigenvalue weighted by molar-refractivity contribution is 0.0464. The Bertz CT molecular complexity index is 358. The summed E-state index contributed by atoms with van der Waals surface area (Å²) in [6.07, 6.45) is 2.95. The number of hydrogen-bond donors (Lipinski definition) is 2. The number of aliphatic hydroxyl groups excluding tert-OH is 2. The van der Waals surface area contributed by atoms with E-state index in [0.29, 0.717) is 5.92 Å². The molecular weight excluding hydrogens is 216 g/mol. The normalized spacial score (nSPS) is 25.2. The highest BCUT2D eigenvalue weighted by Gasteiger charge is 2.28. The largest absolute Gasteiger partial charge is 0.393 e. The second kappa shape index (κ2) is 5.02. The van der Waals surface area contributed by atoms with Crippen LogP contribution in [0.2, 0.25) is 0 Å². The van der Waals surface area contributed by atoms with E-state index >= 15 is 0 Å². The first kappa shape index (κ1) is 12.3. The van der Waals surface area contributed by atoms with Crippen molar-refractivity contribution in [2.24, 2.45) is 5.92 Å². The van der Waals surface area contributed by atoms with Crippen LogP contribution in [0, 0.1) is 5.92 Å². The summed E-state index contributed by atoms with van der Waals surface area (Å²) in [5.41, 5.74) is 0.834.